The Morgan fingerprint density at radius 2 is 0.715 bits per heavy atom. The van der Waals surface area contributed by atoms with Gasteiger partial charge in [-0.3, -0.25) is 47.9 Å². The highest BCUT2D eigenvalue weighted by Crippen LogP contribution is 2.42. The van der Waals surface area contributed by atoms with E-state index >= 15 is 0 Å². The van der Waals surface area contributed by atoms with Crippen molar-refractivity contribution in [1.82, 2.24) is 87.8 Å². The number of sulfone groups is 1. The summed E-state index contributed by atoms with van der Waals surface area (Å²) in [5.74, 6) is -5.11. The monoisotopic (exact) mass is 2060 g/mol. The number of amides is 3. The van der Waals surface area contributed by atoms with Gasteiger partial charge in [0.1, 0.15) is 35.2 Å². The number of carbonyl (C=O) groups is 4. The Morgan fingerprint density at radius 1 is 0.396 bits per heavy atom. The summed E-state index contributed by atoms with van der Waals surface area (Å²) in [6.45, 7) is 47.5. The molecule has 4 aromatic carbocycles. The number of ketones is 1. The number of nitrogens with zero attached hydrogens (tertiary/aromatic N) is 16. The van der Waals surface area contributed by atoms with Crippen LogP contribution >= 0.6 is 0 Å². The van der Waals surface area contributed by atoms with E-state index in [2.05, 4.69) is 54.4 Å². The highest BCUT2D eigenvalue weighted by molar-refractivity contribution is 7.92. The van der Waals surface area contributed by atoms with Crippen molar-refractivity contribution in [3.8, 4) is 33.4 Å². The third-order valence-corrected chi connectivity index (χ3v) is 30.5. The number of pyridine rings is 3. The van der Waals surface area contributed by atoms with Crippen LogP contribution in [0, 0.1) is 36.8 Å². The van der Waals surface area contributed by atoms with E-state index in [1.165, 1.54) is 79.0 Å². The first-order chi connectivity index (χ1) is 67.1. The smallest absolute Gasteiger partial charge is 0.283 e. The first kappa shape index (κ1) is 116. The second-order valence-electron chi connectivity index (χ2n) is 39.9. The Labute approximate surface area is 846 Å². The molecule has 39 heteroatoms. The Kier molecular flexibility index (Phi) is 38.9. The van der Waals surface area contributed by atoms with Crippen LogP contribution in [0.1, 0.15) is 308 Å². The number of aromatic nitrogens is 11. The number of nitrogens with one attached hydrogen (secondary N) is 3. The number of benzene rings is 4. The third-order valence-electron chi connectivity index (χ3n) is 25.3. The van der Waals surface area contributed by atoms with Crippen LogP contribution in [0.25, 0.3) is 38.2 Å². The van der Waals surface area contributed by atoms with Crippen molar-refractivity contribution in [2.24, 2.45) is 0 Å². The third kappa shape index (κ3) is 29.1. The summed E-state index contributed by atoms with van der Waals surface area (Å²) >= 11 is 0. The average Bonchev–Trinajstić information content (AvgIpc) is 1.73. The fourth-order valence-corrected chi connectivity index (χ4v) is 20.7. The van der Waals surface area contributed by atoms with E-state index in [-0.39, 0.29) is 135 Å². The van der Waals surface area contributed by atoms with E-state index < -0.39 is 86.6 Å². The summed E-state index contributed by atoms with van der Waals surface area (Å²) in [4.78, 5) is 75.8. The van der Waals surface area contributed by atoms with Crippen molar-refractivity contribution in [2.75, 3.05) is 62.1 Å². The Balaban J connectivity index is 0.000000214. The lowest BCUT2D eigenvalue weighted by molar-refractivity contribution is -0.119. The molecule has 31 nitrogen and oxygen atoms in total. The zero-order valence-corrected chi connectivity index (χ0v) is 91.1. The summed E-state index contributed by atoms with van der Waals surface area (Å²) in [7, 11) is -1.40. The van der Waals surface area contributed by atoms with Gasteiger partial charge in [-0.25, -0.2) is 40.1 Å². The molecule has 4 atom stereocenters. The van der Waals surface area contributed by atoms with Crippen molar-refractivity contribution in [1.29, 1.82) is 0 Å². The Bertz CT molecular complexity index is 6970. The highest BCUT2D eigenvalue weighted by atomic mass is 32.2. The quantitative estimate of drug-likeness (QED) is 0.0240. The molecule has 144 heavy (non-hydrogen) atoms. The Morgan fingerprint density at radius 3 is 1.03 bits per heavy atom. The van der Waals surface area contributed by atoms with Crippen molar-refractivity contribution < 1.29 is 70.4 Å². The van der Waals surface area contributed by atoms with Crippen LogP contribution in [-0.2, 0) is 84.8 Å². The van der Waals surface area contributed by atoms with E-state index in [4.69, 9.17) is 6.57 Å². The lowest BCUT2D eigenvalue weighted by Gasteiger charge is -2.22. The predicted octanol–water partition coefficient (Wildman–Crippen LogP) is 19.0. The molecule has 7 aromatic heterocycles. The summed E-state index contributed by atoms with van der Waals surface area (Å²) in [5.41, 5.74) is 12.7. The molecule has 4 unspecified atom stereocenters. The van der Waals surface area contributed by atoms with Crippen molar-refractivity contribution in [3.63, 3.8) is 0 Å². The van der Waals surface area contributed by atoms with Gasteiger partial charge in [0, 0.05) is 103 Å². The van der Waals surface area contributed by atoms with Gasteiger partial charge < -0.3 is 24.4 Å². The molecule has 1 aliphatic rings. The molecule has 11 aromatic rings. The number of halogens is 4. The van der Waals surface area contributed by atoms with Gasteiger partial charge in [-0.15, -0.1) is 4.98 Å². The van der Waals surface area contributed by atoms with Crippen LogP contribution in [-0.4, -0.2) is 193 Å². The van der Waals surface area contributed by atoms with Gasteiger partial charge >= 0.3 is 0 Å². The van der Waals surface area contributed by atoms with Gasteiger partial charge in [0.25, 0.3) is 35.9 Å². The summed E-state index contributed by atoms with van der Waals surface area (Å²) in [6, 6.07) is 27.0. The molecular formula is C105H139F4N19O12S4. The van der Waals surface area contributed by atoms with E-state index in [9.17, 15) is 70.4 Å². The van der Waals surface area contributed by atoms with Crippen LogP contribution in [0.15, 0.2) is 154 Å². The number of rotatable bonds is 37. The van der Waals surface area contributed by atoms with Gasteiger partial charge in [-0.05, 0) is 332 Å². The number of sulfonamides is 3. The topological polar surface area (TPSA) is 368 Å². The number of aryl methyl sites for hydroxylation is 1. The molecule has 7 heterocycles. The molecular weight excluding hydrogens is 1920 g/mol. The van der Waals surface area contributed by atoms with E-state index in [1.807, 2.05) is 232 Å². The lowest BCUT2D eigenvalue weighted by Crippen LogP contribution is -2.32. The molecule has 3 N–H and O–H groups in total. The number of hydrogen-bond acceptors (Lipinski definition) is 23. The van der Waals surface area contributed by atoms with Crippen molar-refractivity contribution in [2.45, 2.75) is 282 Å². The van der Waals surface area contributed by atoms with Gasteiger partial charge in [0.15, 0.2) is 25.9 Å². The molecule has 778 valence electrons. The predicted molar refractivity (Wildman–Crippen MR) is 551 cm³/mol. The van der Waals surface area contributed by atoms with Gasteiger partial charge in [-0.1, -0.05) is 81.9 Å². The minimum atomic E-state index is -4.28. The second kappa shape index (κ2) is 48.4. The largest absolute Gasteiger partial charge is 0.361 e. The minimum Gasteiger partial charge on any atom is -0.361 e. The summed E-state index contributed by atoms with van der Waals surface area (Å²) in [6.07, 6.45) is 7.37. The van der Waals surface area contributed by atoms with Crippen LogP contribution < -0.4 is 14.2 Å². The first-order valence-electron chi connectivity index (χ1n) is 48.0. The van der Waals surface area contributed by atoms with Crippen LogP contribution in [0.2, 0.25) is 0 Å². The molecule has 0 saturated heterocycles. The van der Waals surface area contributed by atoms with Gasteiger partial charge in [0.05, 0.1) is 48.1 Å². The molecule has 1 saturated carbocycles. The molecule has 1 aliphatic carbocycles. The standard InChI is InChI=1S/C27H33FN6O3S.C27H36FN5O3S.C26H34FN5O3S.C25H36FN3O3S/c1-16(2)21-12-20(28)13-22(19-9-10-30-25(11-19)29-6)23(21)14-26(35)32-38(36,37)27-15-24(18(5)33(7)8)34(31-27)17(3)4;1-16(2)22-12-21(28)13-23(20-9-10-29-18(5)11-20)24(22)14-26(34)31-37(35,36)27-15-25(19(6)32(7)8)33(30-27)17(3)4;1-16(2)21-11-20(27)12-22(19-9-8-10-28-15-19)23(21)13-25(33)30-36(34,35)26-14-24(18(5)31(6)7)32(29-26)17(3)4;1-15(2)21-10-18(26)11-22(16(3)4)23(21)12-20(30)14-33(31,32)25-13-24(17(5)28(6)7)29(27-25)19-8-9-19/h9-13,15-18H,14H2,1-5,7-8H3,(H,32,35);9-13,15-17,19H,14H2,1-8H3,(H,31,34);8-12,14-18H,13H2,1-7H3,(H,30,33);10-11,13,15-17,19H,8-9,12,14H2,1-7H3. The zero-order valence-electron chi connectivity index (χ0n) is 87.9. The van der Waals surface area contributed by atoms with Gasteiger partial charge in [-0.2, -0.15) is 45.6 Å². The van der Waals surface area contributed by atoms with Crippen molar-refractivity contribution in [3.05, 3.63) is 247 Å². The number of carbonyl (C=O) groups excluding carboxylic acids is 4. The molecule has 0 radical (unpaired) electrons. The van der Waals surface area contributed by atoms with Crippen LogP contribution in [0.4, 0.5) is 23.4 Å². The van der Waals surface area contributed by atoms with Gasteiger partial charge in [0.2, 0.25) is 27.6 Å². The first-order valence-corrected chi connectivity index (χ1v) is 54.1. The van der Waals surface area contributed by atoms with E-state index in [0.29, 0.717) is 72.5 Å². The highest BCUT2D eigenvalue weighted by Gasteiger charge is 2.37. The summed E-state index contributed by atoms with van der Waals surface area (Å²) < 4.78 is 177. The van der Waals surface area contributed by atoms with Crippen molar-refractivity contribution >= 4 is 69.2 Å². The minimum absolute atomic E-state index is 0.000772. The fourth-order valence-electron chi connectivity index (χ4n) is 16.7. The molecule has 0 aliphatic heterocycles. The maximum absolute atomic E-state index is 14.6. The average molecular weight is 2060 g/mol. The molecule has 1 fully saturated rings. The fraction of sp³-hybridized carbons (Fsp3) is 0.467. The molecule has 0 spiro atoms. The lowest BCUT2D eigenvalue weighted by atomic mass is 9.86. The Hall–Kier alpha value is -11.9. The SMILES string of the molecule is CC(C)c1cc(F)cc(-c2cccnc2)c1CC(=O)NS(=O)(=O)c1cc(C(C)N(C)C)n(C(C)C)n1.CC(C)c1cc(F)cc(C(C)C)c1CC(=O)CS(=O)(=O)c1cc(C(C)N(C)C)n(C2CC2)n1.Cc1cc(-c2cc(F)cc(C(C)C)c2CC(=O)NS(=O)(=O)c2cc(C(C)N(C)C)n(C(C)C)n2)ccn1.[C-]#[N+]c1cc(-c2cc(F)cc(C(C)C)c2CC(=O)NS(=O)(=O)c2cc(C(C)N(C)C)n(C(C)C)n2)ccn1. The summed E-state index contributed by atoms with van der Waals surface area (Å²) in [5, 5.41) is 16.6. The van der Waals surface area contributed by atoms with E-state index in [1.54, 1.807) is 63.0 Å². The van der Waals surface area contributed by atoms with Crippen LogP contribution in [0.3, 0.4) is 0 Å². The maximum atomic E-state index is 14.6. The molecule has 0 bridgehead atoms. The second-order valence-corrected chi connectivity index (χ2v) is 46.7. The van der Waals surface area contributed by atoms with Crippen LogP contribution in [0.5, 0.6) is 0 Å². The number of Topliss-reactive ketones (excluding diaryl/α,β-unsaturated/α-hetero) is 1. The normalized spacial score (nSPS) is 13.5. The molecule has 12 rings (SSSR count). The zero-order chi connectivity index (χ0) is 107. The molecule has 3 amide bonds. The van der Waals surface area contributed by atoms with E-state index in [0.717, 1.165) is 52.3 Å². The number of hydrogen-bond donors (Lipinski definition) is 3. The maximum Gasteiger partial charge on any atom is 0.283 e.